The summed E-state index contributed by atoms with van der Waals surface area (Å²) in [5.74, 6) is 0.556. The van der Waals surface area contributed by atoms with Crippen LogP contribution in [0.1, 0.15) is 18.4 Å². The van der Waals surface area contributed by atoms with Crippen LogP contribution >= 0.6 is 0 Å². The van der Waals surface area contributed by atoms with E-state index >= 15 is 0 Å². The van der Waals surface area contributed by atoms with E-state index in [4.69, 9.17) is 9.88 Å². The van der Waals surface area contributed by atoms with Gasteiger partial charge in [0.05, 0.1) is 19.3 Å². The maximum atomic E-state index is 12.7. The van der Waals surface area contributed by atoms with Gasteiger partial charge in [0, 0.05) is 30.2 Å². The number of aromatic amines is 1. The number of carbonyl (C=O) groups excluding carboxylic acids is 1. The van der Waals surface area contributed by atoms with Gasteiger partial charge in [-0.05, 0) is 36.5 Å². The molecule has 136 valence electrons. The summed E-state index contributed by atoms with van der Waals surface area (Å²) in [5, 5.41) is 6.06. The Morgan fingerprint density at radius 2 is 2.24 bits per heavy atom. The lowest BCUT2D eigenvalue weighted by Gasteiger charge is -2.32. The third-order valence-corrected chi connectivity index (χ3v) is 5.59. The number of primary sulfonamides is 1. The number of fused-ring (bicyclic) bond motifs is 1. The van der Waals surface area contributed by atoms with E-state index in [-0.39, 0.29) is 24.0 Å². The van der Waals surface area contributed by atoms with Gasteiger partial charge in [0.15, 0.2) is 0 Å². The lowest BCUT2D eigenvalue weighted by atomic mass is 9.99. The lowest BCUT2D eigenvalue weighted by Crippen LogP contribution is -2.43. The number of nitrogens with one attached hydrogen (secondary N) is 1. The number of hydrogen-bond acceptors (Lipinski definition) is 4. The van der Waals surface area contributed by atoms with E-state index in [1.807, 2.05) is 24.4 Å². The Kier molecular flexibility index (Phi) is 5.01. The number of carbonyl (C=O) groups is 1. The fraction of sp³-hybridized carbons (Fsp3) is 0.471. The van der Waals surface area contributed by atoms with E-state index in [1.54, 1.807) is 12.0 Å². The van der Waals surface area contributed by atoms with Crippen LogP contribution in [0.25, 0.3) is 10.9 Å². The van der Waals surface area contributed by atoms with Crippen molar-refractivity contribution in [1.29, 1.82) is 0 Å². The Morgan fingerprint density at radius 1 is 1.44 bits per heavy atom. The maximum absolute atomic E-state index is 12.7. The summed E-state index contributed by atoms with van der Waals surface area (Å²) in [7, 11) is -1.91. The molecular weight excluding hydrogens is 342 g/mol. The number of piperidine rings is 1. The molecule has 0 radical (unpaired) electrons. The Balaban J connectivity index is 1.74. The minimum atomic E-state index is -3.52. The highest BCUT2D eigenvalue weighted by Crippen LogP contribution is 2.29. The average molecular weight is 365 g/mol. The lowest BCUT2D eigenvalue weighted by molar-refractivity contribution is -0.132. The number of benzene rings is 1. The molecule has 7 nitrogen and oxygen atoms in total. The molecule has 1 aliphatic heterocycles. The molecule has 2 aromatic rings. The zero-order valence-electron chi connectivity index (χ0n) is 14.2. The maximum Gasteiger partial charge on any atom is 0.227 e. The zero-order chi connectivity index (χ0) is 18.0. The van der Waals surface area contributed by atoms with Gasteiger partial charge in [-0.2, -0.15) is 0 Å². The van der Waals surface area contributed by atoms with Gasteiger partial charge < -0.3 is 14.6 Å². The van der Waals surface area contributed by atoms with Gasteiger partial charge in [-0.25, -0.2) is 13.6 Å². The van der Waals surface area contributed by atoms with Crippen molar-refractivity contribution in [3.63, 3.8) is 0 Å². The van der Waals surface area contributed by atoms with E-state index in [0.29, 0.717) is 13.1 Å². The second-order valence-corrected chi connectivity index (χ2v) is 8.21. The van der Waals surface area contributed by atoms with Crippen LogP contribution < -0.4 is 9.88 Å². The normalized spacial score (nSPS) is 18.5. The molecule has 1 unspecified atom stereocenters. The molecule has 1 atom stereocenters. The number of amides is 1. The summed E-state index contributed by atoms with van der Waals surface area (Å²) < 4.78 is 28.0. The molecule has 1 fully saturated rings. The van der Waals surface area contributed by atoms with E-state index in [9.17, 15) is 13.2 Å². The standard InChI is InChI=1S/C17H23N3O4S/c1-24-15-6-2-5-14-17(15)13(9-19-14)8-16(21)20-7-3-4-12(10-20)11-25(18,22)23/h2,5-6,9,12,19H,3-4,7-8,10-11H2,1H3,(H2,18,22,23). The quantitative estimate of drug-likeness (QED) is 0.832. The molecular formula is C17H23N3O4S. The number of ether oxygens (including phenoxy) is 1. The highest BCUT2D eigenvalue weighted by Gasteiger charge is 2.27. The van der Waals surface area contributed by atoms with Gasteiger partial charge in [-0.1, -0.05) is 6.07 Å². The van der Waals surface area contributed by atoms with Crippen molar-refractivity contribution in [1.82, 2.24) is 9.88 Å². The predicted octanol–water partition coefficient (Wildman–Crippen LogP) is 1.25. The first-order valence-electron chi connectivity index (χ1n) is 8.28. The third-order valence-electron chi connectivity index (χ3n) is 4.65. The fourth-order valence-electron chi connectivity index (χ4n) is 3.56. The number of rotatable bonds is 5. The minimum Gasteiger partial charge on any atom is -0.496 e. The van der Waals surface area contributed by atoms with Crippen molar-refractivity contribution in [2.75, 3.05) is 26.0 Å². The molecule has 0 bridgehead atoms. The zero-order valence-corrected chi connectivity index (χ0v) is 15.0. The Labute approximate surface area is 147 Å². The topological polar surface area (TPSA) is 105 Å². The largest absolute Gasteiger partial charge is 0.496 e. The number of nitrogens with two attached hydrogens (primary N) is 1. The van der Waals surface area contributed by atoms with Crippen molar-refractivity contribution < 1.29 is 17.9 Å². The smallest absolute Gasteiger partial charge is 0.227 e. The van der Waals surface area contributed by atoms with Gasteiger partial charge in [0.2, 0.25) is 15.9 Å². The molecule has 1 amide bonds. The molecule has 25 heavy (non-hydrogen) atoms. The summed E-state index contributed by atoms with van der Waals surface area (Å²) >= 11 is 0. The number of likely N-dealkylation sites (tertiary alicyclic amines) is 1. The van der Waals surface area contributed by atoms with Crippen LogP contribution in [0, 0.1) is 5.92 Å². The van der Waals surface area contributed by atoms with Gasteiger partial charge >= 0.3 is 0 Å². The van der Waals surface area contributed by atoms with Gasteiger partial charge in [-0.3, -0.25) is 4.79 Å². The molecule has 2 heterocycles. The number of aromatic nitrogens is 1. The summed E-state index contributed by atoms with van der Waals surface area (Å²) in [5.41, 5.74) is 1.80. The van der Waals surface area contributed by atoms with Crippen LogP contribution in [0.4, 0.5) is 0 Å². The molecule has 0 saturated carbocycles. The molecule has 1 aliphatic rings. The van der Waals surface area contributed by atoms with Gasteiger partial charge in [0.25, 0.3) is 0 Å². The Hall–Kier alpha value is -2.06. The highest BCUT2D eigenvalue weighted by molar-refractivity contribution is 7.89. The number of nitrogens with zero attached hydrogens (tertiary/aromatic N) is 1. The molecule has 3 N–H and O–H groups in total. The first kappa shape index (κ1) is 17.8. The molecule has 8 heteroatoms. The third kappa shape index (κ3) is 4.13. The number of hydrogen-bond donors (Lipinski definition) is 2. The first-order chi connectivity index (χ1) is 11.9. The summed E-state index contributed by atoms with van der Waals surface area (Å²) in [6.07, 6.45) is 3.66. The van der Waals surface area contributed by atoms with Crippen molar-refractivity contribution in [3.05, 3.63) is 30.0 Å². The predicted molar refractivity (Wildman–Crippen MR) is 95.8 cm³/mol. The van der Waals surface area contributed by atoms with Crippen molar-refractivity contribution in [2.45, 2.75) is 19.3 Å². The van der Waals surface area contributed by atoms with E-state index in [2.05, 4.69) is 4.98 Å². The number of sulfonamides is 1. The van der Waals surface area contributed by atoms with Gasteiger partial charge in [0.1, 0.15) is 5.75 Å². The van der Waals surface area contributed by atoms with Crippen molar-refractivity contribution in [3.8, 4) is 5.75 Å². The highest BCUT2D eigenvalue weighted by atomic mass is 32.2. The summed E-state index contributed by atoms with van der Waals surface area (Å²) in [6, 6.07) is 5.70. The monoisotopic (exact) mass is 365 g/mol. The van der Waals surface area contributed by atoms with Crippen LogP contribution in [-0.4, -0.2) is 50.2 Å². The molecule has 1 saturated heterocycles. The van der Waals surface area contributed by atoms with Crippen LogP contribution in [0.15, 0.2) is 24.4 Å². The average Bonchev–Trinajstić information content (AvgIpc) is 2.96. The molecule has 3 rings (SSSR count). The minimum absolute atomic E-state index is 0.00840. The summed E-state index contributed by atoms with van der Waals surface area (Å²) in [6.45, 7) is 1.09. The van der Waals surface area contributed by atoms with Crippen molar-refractivity contribution >= 4 is 26.8 Å². The van der Waals surface area contributed by atoms with Crippen LogP contribution in [0.2, 0.25) is 0 Å². The Bertz CT molecular complexity index is 875. The van der Waals surface area contributed by atoms with E-state index in [1.165, 1.54) is 0 Å². The molecule has 0 spiro atoms. The van der Waals surface area contributed by atoms with Crippen LogP contribution in [-0.2, 0) is 21.2 Å². The molecule has 0 aliphatic carbocycles. The second kappa shape index (κ2) is 7.05. The molecule has 1 aromatic heterocycles. The van der Waals surface area contributed by atoms with Crippen molar-refractivity contribution in [2.24, 2.45) is 11.1 Å². The SMILES string of the molecule is COc1cccc2[nH]cc(CC(=O)N3CCCC(CS(N)(=O)=O)C3)c12. The van der Waals surface area contributed by atoms with Crippen LogP contribution in [0.5, 0.6) is 5.75 Å². The van der Waals surface area contributed by atoms with E-state index in [0.717, 1.165) is 35.1 Å². The fourth-order valence-corrected chi connectivity index (χ4v) is 4.49. The summed E-state index contributed by atoms with van der Waals surface area (Å²) in [4.78, 5) is 17.6. The first-order valence-corrected chi connectivity index (χ1v) is 10.00. The van der Waals surface area contributed by atoms with Gasteiger partial charge in [-0.15, -0.1) is 0 Å². The van der Waals surface area contributed by atoms with Crippen LogP contribution in [0.3, 0.4) is 0 Å². The number of H-pyrrole nitrogens is 1. The molecule has 1 aromatic carbocycles. The Morgan fingerprint density at radius 3 is 2.96 bits per heavy atom. The number of methoxy groups -OCH3 is 1. The second-order valence-electron chi connectivity index (χ2n) is 6.55. The van der Waals surface area contributed by atoms with E-state index < -0.39 is 10.0 Å².